The van der Waals surface area contributed by atoms with E-state index in [2.05, 4.69) is 15.6 Å². The second-order valence-electron chi connectivity index (χ2n) is 5.11. The summed E-state index contributed by atoms with van der Waals surface area (Å²) >= 11 is 0. The Kier molecular flexibility index (Phi) is 3.63. The number of hydrogen-bond acceptors (Lipinski definition) is 4. The number of pyridine rings is 1. The van der Waals surface area contributed by atoms with Crippen LogP contribution in [0.15, 0.2) is 18.3 Å². The molecule has 0 saturated heterocycles. The first-order valence-electron chi connectivity index (χ1n) is 6.13. The molecule has 98 valence electrons. The quantitative estimate of drug-likeness (QED) is 0.724. The van der Waals surface area contributed by atoms with Crippen molar-refractivity contribution in [3.63, 3.8) is 0 Å². The van der Waals surface area contributed by atoms with Crippen LogP contribution in [0.1, 0.15) is 35.8 Å². The predicted octanol–water partition coefficient (Wildman–Crippen LogP) is 0.444. The Bertz CT molecular complexity index is 420. The van der Waals surface area contributed by atoms with E-state index in [1.165, 1.54) is 0 Å². The van der Waals surface area contributed by atoms with Gasteiger partial charge in [0.15, 0.2) is 0 Å². The van der Waals surface area contributed by atoms with Gasteiger partial charge in [-0.25, -0.2) is 0 Å². The molecule has 0 atom stereocenters. The van der Waals surface area contributed by atoms with Crippen LogP contribution in [0.5, 0.6) is 0 Å². The molecule has 1 aliphatic rings. The molecule has 0 unspecified atom stereocenters. The Balaban J connectivity index is 1.82. The molecule has 0 aliphatic heterocycles. The van der Waals surface area contributed by atoms with Crippen molar-refractivity contribution >= 4 is 5.91 Å². The van der Waals surface area contributed by atoms with E-state index in [4.69, 9.17) is 0 Å². The van der Waals surface area contributed by atoms with E-state index in [9.17, 15) is 9.90 Å². The lowest BCUT2D eigenvalue weighted by atomic mass is 9.77. The van der Waals surface area contributed by atoms with Crippen molar-refractivity contribution in [3.8, 4) is 0 Å². The maximum absolute atomic E-state index is 11.3. The van der Waals surface area contributed by atoms with Crippen molar-refractivity contribution in [2.75, 3.05) is 7.05 Å². The van der Waals surface area contributed by atoms with Crippen molar-refractivity contribution in [3.05, 3.63) is 29.6 Å². The smallest absolute Gasteiger partial charge is 0.269 e. The van der Waals surface area contributed by atoms with Crippen LogP contribution < -0.4 is 10.6 Å². The van der Waals surface area contributed by atoms with Crippen LogP contribution in [0.3, 0.4) is 0 Å². The van der Waals surface area contributed by atoms with E-state index in [-0.39, 0.29) is 5.91 Å². The van der Waals surface area contributed by atoms with Gasteiger partial charge >= 0.3 is 0 Å². The molecule has 0 aromatic carbocycles. The molecule has 1 amide bonds. The molecular formula is C13H19N3O2. The van der Waals surface area contributed by atoms with Gasteiger partial charge in [0.1, 0.15) is 5.69 Å². The van der Waals surface area contributed by atoms with Crippen molar-refractivity contribution in [2.45, 2.75) is 38.0 Å². The third-order valence-corrected chi connectivity index (χ3v) is 3.25. The van der Waals surface area contributed by atoms with Gasteiger partial charge in [-0.05, 0) is 31.4 Å². The van der Waals surface area contributed by atoms with Gasteiger partial charge in [-0.3, -0.25) is 9.78 Å². The highest BCUT2D eigenvalue weighted by Crippen LogP contribution is 2.31. The highest BCUT2D eigenvalue weighted by molar-refractivity contribution is 5.91. The maximum Gasteiger partial charge on any atom is 0.269 e. The van der Waals surface area contributed by atoms with E-state index >= 15 is 0 Å². The molecule has 1 fully saturated rings. The molecule has 0 spiro atoms. The van der Waals surface area contributed by atoms with Gasteiger partial charge in [-0.15, -0.1) is 0 Å². The van der Waals surface area contributed by atoms with Crippen LogP contribution in [0.2, 0.25) is 0 Å². The van der Waals surface area contributed by atoms with E-state index < -0.39 is 5.60 Å². The summed E-state index contributed by atoms with van der Waals surface area (Å²) in [5, 5.41) is 15.5. The van der Waals surface area contributed by atoms with E-state index in [1.54, 1.807) is 19.3 Å². The van der Waals surface area contributed by atoms with Crippen molar-refractivity contribution in [2.24, 2.45) is 0 Å². The minimum absolute atomic E-state index is 0.176. The number of rotatable bonds is 4. The molecule has 18 heavy (non-hydrogen) atoms. The highest BCUT2D eigenvalue weighted by Gasteiger charge is 2.37. The SMILES string of the molecule is CNC(=O)c1ccc(CNC2CC(C)(O)C2)cn1. The normalized spacial score (nSPS) is 26.5. The molecule has 1 aromatic heterocycles. The summed E-state index contributed by atoms with van der Waals surface area (Å²) in [5.41, 5.74) is 0.959. The van der Waals surface area contributed by atoms with Crippen LogP contribution in [0, 0.1) is 0 Å². The average Bonchev–Trinajstić information content (AvgIpc) is 2.33. The molecule has 5 heteroatoms. The molecule has 3 N–H and O–H groups in total. The number of aromatic nitrogens is 1. The third kappa shape index (κ3) is 3.05. The Labute approximate surface area is 107 Å². The van der Waals surface area contributed by atoms with E-state index in [0.29, 0.717) is 18.3 Å². The summed E-state index contributed by atoms with van der Waals surface area (Å²) < 4.78 is 0. The summed E-state index contributed by atoms with van der Waals surface area (Å²) in [7, 11) is 1.59. The number of nitrogens with zero attached hydrogens (tertiary/aromatic N) is 1. The number of amides is 1. The monoisotopic (exact) mass is 249 g/mol. The summed E-state index contributed by atoms with van der Waals surface area (Å²) in [4.78, 5) is 15.4. The van der Waals surface area contributed by atoms with Crippen molar-refractivity contribution < 1.29 is 9.90 Å². The second kappa shape index (κ2) is 5.04. The molecule has 1 heterocycles. The average molecular weight is 249 g/mol. The minimum atomic E-state index is -0.501. The Hall–Kier alpha value is -1.46. The lowest BCUT2D eigenvalue weighted by Gasteiger charge is -2.41. The number of carbonyl (C=O) groups excluding carboxylic acids is 1. The van der Waals surface area contributed by atoms with Crippen LogP contribution in [0.4, 0.5) is 0 Å². The number of nitrogens with one attached hydrogen (secondary N) is 2. The van der Waals surface area contributed by atoms with Gasteiger partial charge in [-0.1, -0.05) is 6.07 Å². The zero-order valence-electron chi connectivity index (χ0n) is 10.7. The van der Waals surface area contributed by atoms with Gasteiger partial charge in [0, 0.05) is 25.8 Å². The fourth-order valence-electron chi connectivity index (χ4n) is 2.20. The Morgan fingerprint density at radius 2 is 2.28 bits per heavy atom. The summed E-state index contributed by atoms with van der Waals surface area (Å²) in [5.74, 6) is -0.176. The van der Waals surface area contributed by atoms with E-state index in [0.717, 1.165) is 18.4 Å². The topological polar surface area (TPSA) is 74.2 Å². The number of hydrogen-bond donors (Lipinski definition) is 3. The molecule has 2 rings (SSSR count). The summed E-state index contributed by atoms with van der Waals surface area (Å²) in [6.07, 6.45) is 3.28. The van der Waals surface area contributed by atoms with Crippen LogP contribution in [-0.4, -0.2) is 34.7 Å². The van der Waals surface area contributed by atoms with Gasteiger partial charge in [0.05, 0.1) is 5.60 Å². The third-order valence-electron chi connectivity index (χ3n) is 3.25. The zero-order valence-corrected chi connectivity index (χ0v) is 10.7. The van der Waals surface area contributed by atoms with Crippen LogP contribution in [-0.2, 0) is 6.54 Å². The van der Waals surface area contributed by atoms with Crippen molar-refractivity contribution in [1.82, 2.24) is 15.6 Å². The Morgan fingerprint density at radius 3 is 2.78 bits per heavy atom. The van der Waals surface area contributed by atoms with Crippen LogP contribution >= 0.6 is 0 Å². The molecule has 1 aromatic rings. The first kappa shape index (κ1) is 13.0. The first-order chi connectivity index (χ1) is 8.50. The zero-order chi connectivity index (χ0) is 13.2. The molecular weight excluding hydrogens is 230 g/mol. The lowest BCUT2D eigenvalue weighted by Crippen LogP contribution is -2.51. The first-order valence-corrected chi connectivity index (χ1v) is 6.13. The molecule has 0 radical (unpaired) electrons. The van der Waals surface area contributed by atoms with Gasteiger partial charge in [0.2, 0.25) is 0 Å². The summed E-state index contributed by atoms with van der Waals surface area (Å²) in [6.45, 7) is 2.56. The predicted molar refractivity (Wildman–Crippen MR) is 68.1 cm³/mol. The molecule has 1 saturated carbocycles. The molecule has 5 nitrogen and oxygen atoms in total. The second-order valence-corrected chi connectivity index (χ2v) is 5.11. The van der Waals surface area contributed by atoms with Crippen molar-refractivity contribution in [1.29, 1.82) is 0 Å². The Morgan fingerprint density at radius 1 is 1.56 bits per heavy atom. The van der Waals surface area contributed by atoms with Gasteiger partial charge in [0.25, 0.3) is 5.91 Å². The van der Waals surface area contributed by atoms with E-state index in [1.807, 2.05) is 13.0 Å². The van der Waals surface area contributed by atoms with Gasteiger partial charge in [-0.2, -0.15) is 0 Å². The number of carbonyl (C=O) groups is 1. The lowest BCUT2D eigenvalue weighted by molar-refractivity contribution is -0.0393. The largest absolute Gasteiger partial charge is 0.390 e. The summed E-state index contributed by atoms with van der Waals surface area (Å²) in [6, 6.07) is 3.98. The fourth-order valence-corrected chi connectivity index (χ4v) is 2.20. The number of aliphatic hydroxyl groups is 1. The fraction of sp³-hybridized carbons (Fsp3) is 0.538. The standard InChI is InChI=1S/C13H19N3O2/c1-13(18)5-10(6-13)15-7-9-3-4-11(16-8-9)12(17)14-2/h3-4,8,10,15,18H,5-7H2,1-2H3,(H,14,17). The highest BCUT2D eigenvalue weighted by atomic mass is 16.3. The minimum Gasteiger partial charge on any atom is -0.390 e. The van der Waals surface area contributed by atoms with Crippen LogP contribution in [0.25, 0.3) is 0 Å². The maximum atomic E-state index is 11.3. The molecule has 0 bridgehead atoms. The molecule has 1 aliphatic carbocycles. The van der Waals surface area contributed by atoms with Gasteiger partial charge < -0.3 is 15.7 Å².